The second-order valence-corrected chi connectivity index (χ2v) is 8.05. The van der Waals surface area contributed by atoms with E-state index in [2.05, 4.69) is 9.83 Å². The van der Waals surface area contributed by atoms with Crippen LogP contribution in [0.15, 0.2) is 4.74 Å². The number of nitrogens with zero attached hydrogens (tertiary/aromatic N) is 1. The fourth-order valence-electron chi connectivity index (χ4n) is 1.99. The zero-order valence-electron chi connectivity index (χ0n) is 13.8. The molecule has 0 bridgehead atoms. The van der Waals surface area contributed by atoms with Crippen molar-refractivity contribution in [3.05, 3.63) is 11.5 Å². The van der Waals surface area contributed by atoms with Gasteiger partial charge in [-0.3, -0.25) is 14.3 Å². The number of carboxylic acid groups (broad SMARTS) is 2. The van der Waals surface area contributed by atoms with Crippen molar-refractivity contribution in [2.45, 2.75) is 56.7 Å². The van der Waals surface area contributed by atoms with E-state index in [9.17, 15) is 14.5 Å². The molecule has 1 fully saturated rings. The summed E-state index contributed by atoms with van der Waals surface area (Å²) in [6, 6.07) is -1.25. The molecule has 0 amide bonds. The predicted octanol–water partition coefficient (Wildman–Crippen LogP) is 2.58. The van der Waals surface area contributed by atoms with Crippen molar-refractivity contribution in [1.82, 2.24) is 5.09 Å². The molecule has 0 heterocycles. The molecule has 0 radical (unpaired) electrons. The largest absolute Gasteiger partial charge is 2.00 e. The number of hydrogen-bond donors (Lipinski definition) is 4. The predicted molar refractivity (Wildman–Crippen MR) is 89.5 cm³/mol. The smallest absolute Gasteiger partial charge is 0.676 e. The van der Waals surface area contributed by atoms with Gasteiger partial charge < -0.3 is 26.6 Å². The Morgan fingerprint density at radius 1 is 1.25 bits per heavy atom. The first kappa shape index (κ1) is 25.9. The Morgan fingerprint density at radius 2 is 1.71 bits per heavy atom. The summed E-state index contributed by atoms with van der Waals surface area (Å²) in [5.41, 5.74) is 14.6. The van der Waals surface area contributed by atoms with E-state index in [1.165, 1.54) is 26.6 Å². The van der Waals surface area contributed by atoms with Gasteiger partial charge in [-0.1, -0.05) is 25.7 Å². The van der Waals surface area contributed by atoms with Gasteiger partial charge in [0.15, 0.2) is 0 Å². The Bertz CT molecular complexity index is 436. The average molecular weight is 545 g/mol. The van der Waals surface area contributed by atoms with Gasteiger partial charge in [-0.05, 0) is 6.42 Å². The minimum atomic E-state index is -2.79. The zero-order chi connectivity index (χ0) is 18.0. The van der Waals surface area contributed by atoms with Crippen molar-refractivity contribution in [3.63, 3.8) is 0 Å². The van der Waals surface area contributed by atoms with Crippen LogP contribution in [0, 0.1) is 0 Å². The van der Waals surface area contributed by atoms with E-state index in [1.54, 1.807) is 0 Å². The molecule has 6 N–H and O–H groups in total. The fourth-order valence-corrected chi connectivity index (χ4v) is 2.94. The summed E-state index contributed by atoms with van der Waals surface area (Å²) < 4.78 is 3.61. The van der Waals surface area contributed by atoms with Crippen molar-refractivity contribution in [2.75, 3.05) is 13.7 Å². The maximum Gasteiger partial charge on any atom is 2.00 e. The third-order valence-corrected chi connectivity index (χ3v) is 5.08. The molecule has 11 heteroatoms. The standard InChI is InChI=1S/C7H15N2O5P.C6H12N2.Pt/c1-8-15(2,14)9-5(7(12)13)3-4-6(10)11;7-5-3-1-2-4-6(5)8;/h5,9,14H,3-4H2,1-2H3,(H,10,11)(H,12,13);5-8H,1-4H2;/q;-2;+2. The van der Waals surface area contributed by atoms with Crippen LogP contribution in [0.3, 0.4) is 0 Å². The first-order chi connectivity index (χ1) is 10.6. The monoisotopic (exact) mass is 545 g/mol. The Hall–Kier alpha value is -0.302. The number of aliphatic carboxylic acids is 2. The van der Waals surface area contributed by atoms with Crippen LogP contribution in [0.25, 0.3) is 11.5 Å². The molecule has 0 aromatic rings. The zero-order valence-corrected chi connectivity index (χ0v) is 17.0. The number of rotatable bonds is 6. The molecule has 144 valence electrons. The van der Waals surface area contributed by atoms with Crippen LogP contribution in [0.1, 0.15) is 38.5 Å². The summed E-state index contributed by atoms with van der Waals surface area (Å²) in [5, 5.41) is 19.6. The second-order valence-electron chi connectivity index (χ2n) is 5.56. The Kier molecular flexibility index (Phi) is 14.0. The van der Waals surface area contributed by atoms with E-state index in [4.69, 9.17) is 21.7 Å². The van der Waals surface area contributed by atoms with Crippen LogP contribution in [0.2, 0.25) is 0 Å². The van der Waals surface area contributed by atoms with E-state index in [0.29, 0.717) is 0 Å². The van der Waals surface area contributed by atoms with Crippen molar-refractivity contribution >= 4 is 19.4 Å². The normalized spacial score (nSPS) is 23.5. The second kappa shape index (κ2) is 13.0. The molecule has 4 unspecified atom stereocenters. The summed E-state index contributed by atoms with van der Waals surface area (Å²) in [4.78, 5) is 30.5. The molecule has 1 saturated carbocycles. The van der Waals surface area contributed by atoms with Gasteiger partial charge in [-0.25, -0.2) is 5.09 Å². The Balaban J connectivity index is 0. The first-order valence-electron chi connectivity index (χ1n) is 7.44. The summed E-state index contributed by atoms with van der Waals surface area (Å²) in [6.45, 7) is 1.39. The van der Waals surface area contributed by atoms with Crippen LogP contribution in [0.5, 0.6) is 0 Å². The molecule has 24 heavy (non-hydrogen) atoms. The minimum absolute atomic E-state index is 0. The van der Waals surface area contributed by atoms with Crippen LogP contribution >= 0.6 is 7.43 Å². The number of carboxylic acids is 2. The summed E-state index contributed by atoms with van der Waals surface area (Å²) in [5.74, 6) is -2.27. The molecule has 0 aromatic carbocycles. The number of nitrogens with one attached hydrogen (secondary N) is 3. The van der Waals surface area contributed by atoms with Crippen molar-refractivity contribution in [3.8, 4) is 0 Å². The van der Waals surface area contributed by atoms with E-state index in [0.717, 1.165) is 12.8 Å². The van der Waals surface area contributed by atoms with Crippen molar-refractivity contribution < 1.29 is 45.8 Å². The van der Waals surface area contributed by atoms with Crippen LogP contribution < -0.4 is 5.09 Å². The van der Waals surface area contributed by atoms with Crippen molar-refractivity contribution in [1.29, 1.82) is 0 Å². The number of hydrogen-bond acceptors (Lipinski definition) is 3. The molecule has 9 nitrogen and oxygen atoms in total. The summed E-state index contributed by atoms with van der Waals surface area (Å²) >= 11 is 0. The minimum Gasteiger partial charge on any atom is -0.676 e. The Morgan fingerprint density at radius 3 is 2.00 bits per heavy atom. The van der Waals surface area contributed by atoms with Crippen LogP contribution in [-0.4, -0.2) is 58.9 Å². The molecule has 0 saturated heterocycles. The topological polar surface area (TPSA) is 167 Å². The number of carbonyl (C=O) groups is 2. The van der Waals surface area contributed by atoms with Crippen LogP contribution in [-0.2, 0) is 30.7 Å². The third kappa shape index (κ3) is 12.1. The van der Waals surface area contributed by atoms with Gasteiger partial charge in [0, 0.05) is 20.1 Å². The van der Waals surface area contributed by atoms with Gasteiger partial charge in [-0.15, -0.1) is 0 Å². The van der Waals surface area contributed by atoms with E-state index in [1.807, 2.05) is 0 Å². The SMILES string of the molecule is CN=P(C)(O)NC(CCC(=O)O)C(=O)O.[NH-]C1CCCCC1[NH-].[Pt+2]. The summed E-state index contributed by atoms with van der Waals surface area (Å²) in [7, 11) is -1.42. The first-order valence-corrected chi connectivity index (χ1v) is 9.58. The molecule has 4 atom stereocenters. The molecule has 1 rings (SSSR count). The molecule has 1 aliphatic rings. The van der Waals surface area contributed by atoms with E-state index < -0.39 is 25.4 Å². The Labute approximate surface area is 157 Å². The molecule has 1 aliphatic carbocycles. The average Bonchev–Trinajstić information content (AvgIpc) is 2.47. The molecule has 0 aliphatic heterocycles. The van der Waals surface area contributed by atoms with Gasteiger partial charge >= 0.3 is 33.0 Å². The van der Waals surface area contributed by atoms with Gasteiger partial charge in [-0.2, -0.15) is 12.1 Å². The van der Waals surface area contributed by atoms with Crippen LogP contribution in [0.4, 0.5) is 0 Å². The fraction of sp³-hybridized carbons (Fsp3) is 0.846. The van der Waals surface area contributed by atoms with Gasteiger partial charge in [0.2, 0.25) is 0 Å². The molecular formula is C13H27N4O5PPt. The third-order valence-electron chi connectivity index (χ3n) is 3.50. The van der Waals surface area contributed by atoms with Gasteiger partial charge in [0.25, 0.3) is 0 Å². The maximum absolute atomic E-state index is 10.7. The van der Waals surface area contributed by atoms with Crippen molar-refractivity contribution in [2.24, 2.45) is 4.74 Å². The summed E-state index contributed by atoms with van der Waals surface area (Å²) in [6.07, 6.45) is 3.89. The van der Waals surface area contributed by atoms with Gasteiger partial charge in [0.05, 0.1) is 0 Å². The maximum atomic E-state index is 10.7. The van der Waals surface area contributed by atoms with E-state index >= 15 is 0 Å². The van der Waals surface area contributed by atoms with E-state index in [-0.39, 0.29) is 46.0 Å². The molecular weight excluding hydrogens is 518 g/mol. The molecule has 0 spiro atoms. The molecule has 0 aromatic heterocycles. The van der Waals surface area contributed by atoms with Gasteiger partial charge in [0.1, 0.15) is 13.5 Å². The quantitative estimate of drug-likeness (QED) is 0.374.